The Morgan fingerprint density at radius 2 is 2.21 bits per heavy atom. The second-order valence-electron chi connectivity index (χ2n) is 4.03. The maximum Gasteiger partial charge on any atom is 0.311 e. The Kier molecular flexibility index (Phi) is 4.65. The first-order valence-corrected chi connectivity index (χ1v) is 6.70. The number of aromatic nitrogens is 1. The fourth-order valence-electron chi connectivity index (χ4n) is 1.70. The topological polar surface area (TPSA) is 48.4 Å². The highest BCUT2D eigenvalue weighted by Crippen LogP contribution is 2.25. The number of esters is 1. The average Bonchev–Trinajstić information content (AvgIpc) is 2.88. The third kappa shape index (κ3) is 3.62. The van der Waals surface area contributed by atoms with E-state index in [1.165, 1.54) is 18.4 Å². The van der Waals surface area contributed by atoms with Crippen LogP contribution in [0.1, 0.15) is 11.3 Å². The first-order valence-electron chi connectivity index (χ1n) is 5.82. The van der Waals surface area contributed by atoms with Gasteiger partial charge in [-0.15, -0.1) is 11.3 Å². The lowest BCUT2D eigenvalue weighted by atomic mass is 10.1. The van der Waals surface area contributed by atoms with E-state index in [1.807, 2.05) is 29.6 Å². The molecule has 1 aromatic heterocycles. The number of nitrogens with zero attached hydrogens (tertiary/aromatic N) is 1. The van der Waals surface area contributed by atoms with Gasteiger partial charge in [-0.05, 0) is 11.6 Å². The minimum atomic E-state index is -0.273. The fourth-order valence-corrected chi connectivity index (χ4v) is 2.52. The van der Waals surface area contributed by atoms with Crippen molar-refractivity contribution in [3.05, 3.63) is 40.9 Å². The number of ether oxygens (including phenoxy) is 2. The SMILES string of the molecule is COCc1cccc(-c2nc(CC(=O)OC)cs2)c1. The van der Waals surface area contributed by atoms with Crippen LogP contribution in [0.4, 0.5) is 0 Å². The van der Waals surface area contributed by atoms with Crippen LogP contribution < -0.4 is 0 Å². The molecular weight excluding hydrogens is 262 g/mol. The minimum absolute atomic E-state index is 0.213. The fraction of sp³-hybridized carbons (Fsp3) is 0.286. The van der Waals surface area contributed by atoms with Crippen LogP contribution in [0.3, 0.4) is 0 Å². The average molecular weight is 277 g/mol. The van der Waals surface area contributed by atoms with Gasteiger partial charge in [0.25, 0.3) is 0 Å². The molecule has 0 saturated carbocycles. The van der Waals surface area contributed by atoms with Crippen molar-refractivity contribution in [2.24, 2.45) is 0 Å². The highest BCUT2D eigenvalue weighted by atomic mass is 32.1. The van der Waals surface area contributed by atoms with Gasteiger partial charge < -0.3 is 9.47 Å². The molecule has 0 spiro atoms. The number of benzene rings is 1. The van der Waals surface area contributed by atoms with Crippen LogP contribution in [0.5, 0.6) is 0 Å². The Hall–Kier alpha value is -1.72. The van der Waals surface area contributed by atoms with Crippen LogP contribution in [0, 0.1) is 0 Å². The molecule has 0 fully saturated rings. The summed E-state index contributed by atoms with van der Waals surface area (Å²) >= 11 is 1.52. The van der Waals surface area contributed by atoms with Crippen molar-refractivity contribution in [2.75, 3.05) is 14.2 Å². The van der Waals surface area contributed by atoms with Gasteiger partial charge in [-0.3, -0.25) is 4.79 Å². The normalized spacial score (nSPS) is 10.4. The third-order valence-corrected chi connectivity index (χ3v) is 3.53. The van der Waals surface area contributed by atoms with Gasteiger partial charge in [0.2, 0.25) is 0 Å². The predicted octanol–water partition coefficient (Wildman–Crippen LogP) is 2.67. The summed E-state index contributed by atoms with van der Waals surface area (Å²) < 4.78 is 9.74. The Morgan fingerprint density at radius 1 is 1.37 bits per heavy atom. The van der Waals surface area contributed by atoms with Crippen molar-refractivity contribution in [3.8, 4) is 10.6 Å². The monoisotopic (exact) mass is 277 g/mol. The van der Waals surface area contributed by atoms with Gasteiger partial charge in [0.15, 0.2) is 0 Å². The number of carbonyl (C=O) groups excluding carboxylic acids is 1. The smallest absolute Gasteiger partial charge is 0.311 e. The molecule has 1 aromatic carbocycles. The molecule has 0 aliphatic carbocycles. The summed E-state index contributed by atoms with van der Waals surface area (Å²) in [5, 5.41) is 2.78. The summed E-state index contributed by atoms with van der Waals surface area (Å²) in [7, 11) is 3.05. The number of thiazole rings is 1. The second-order valence-corrected chi connectivity index (χ2v) is 4.89. The van der Waals surface area contributed by atoms with Crippen molar-refractivity contribution in [2.45, 2.75) is 13.0 Å². The zero-order valence-electron chi connectivity index (χ0n) is 10.9. The van der Waals surface area contributed by atoms with Gasteiger partial charge in [0, 0.05) is 18.1 Å². The number of rotatable bonds is 5. The van der Waals surface area contributed by atoms with Crippen LogP contribution in [-0.2, 0) is 27.3 Å². The number of hydrogen-bond donors (Lipinski definition) is 0. The first kappa shape index (κ1) is 13.7. The van der Waals surface area contributed by atoms with E-state index in [0.29, 0.717) is 6.61 Å². The molecule has 2 rings (SSSR count). The Morgan fingerprint density at radius 3 is 2.95 bits per heavy atom. The predicted molar refractivity (Wildman–Crippen MR) is 74.0 cm³/mol. The van der Waals surface area contributed by atoms with Crippen molar-refractivity contribution >= 4 is 17.3 Å². The van der Waals surface area contributed by atoms with E-state index in [4.69, 9.17) is 4.74 Å². The van der Waals surface area contributed by atoms with Crippen molar-refractivity contribution in [1.82, 2.24) is 4.98 Å². The van der Waals surface area contributed by atoms with Crippen LogP contribution in [-0.4, -0.2) is 25.2 Å². The molecule has 4 nitrogen and oxygen atoms in total. The van der Waals surface area contributed by atoms with Gasteiger partial charge in [-0.25, -0.2) is 4.98 Å². The lowest BCUT2D eigenvalue weighted by molar-refractivity contribution is -0.139. The molecule has 0 aliphatic heterocycles. The van der Waals surface area contributed by atoms with Crippen LogP contribution >= 0.6 is 11.3 Å². The van der Waals surface area contributed by atoms with E-state index in [9.17, 15) is 4.79 Å². The maximum absolute atomic E-state index is 11.2. The molecular formula is C14H15NO3S. The second kappa shape index (κ2) is 6.45. The molecule has 1 heterocycles. The van der Waals surface area contributed by atoms with E-state index < -0.39 is 0 Å². The molecule has 0 radical (unpaired) electrons. The molecule has 0 atom stereocenters. The molecule has 0 bridgehead atoms. The summed E-state index contributed by atoms with van der Waals surface area (Å²) in [5.74, 6) is -0.273. The third-order valence-electron chi connectivity index (χ3n) is 2.59. The standard InChI is InChI=1S/C14H15NO3S/c1-17-8-10-4-3-5-11(6-10)14-15-12(9-19-14)7-13(16)18-2/h3-6,9H,7-8H2,1-2H3. The Labute approximate surface area is 116 Å². The lowest BCUT2D eigenvalue weighted by Crippen LogP contribution is -2.04. The molecule has 0 saturated heterocycles. The van der Waals surface area contributed by atoms with Crippen LogP contribution in [0.2, 0.25) is 0 Å². The highest BCUT2D eigenvalue weighted by Gasteiger charge is 2.09. The van der Waals surface area contributed by atoms with Crippen molar-refractivity contribution in [3.63, 3.8) is 0 Å². The molecule has 0 N–H and O–H groups in total. The van der Waals surface area contributed by atoms with Gasteiger partial charge >= 0.3 is 5.97 Å². The molecule has 19 heavy (non-hydrogen) atoms. The maximum atomic E-state index is 11.2. The lowest BCUT2D eigenvalue weighted by Gasteiger charge is -2.01. The molecule has 2 aromatic rings. The number of methoxy groups -OCH3 is 2. The zero-order valence-corrected chi connectivity index (χ0v) is 11.7. The number of carbonyl (C=O) groups is 1. The van der Waals surface area contributed by atoms with Gasteiger partial charge in [0.1, 0.15) is 5.01 Å². The van der Waals surface area contributed by atoms with Crippen LogP contribution in [0.25, 0.3) is 10.6 Å². The zero-order chi connectivity index (χ0) is 13.7. The molecule has 0 unspecified atom stereocenters. The van der Waals surface area contributed by atoms with E-state index in [2.05, 4.69) is 9.72 Å². The minimum Gasteiger partial charge on any atom is -0.469 e. The van der Waals surface area contributed by atoms with E-state index in [0.717, 1.165) is 21.8 Å². The van der Waals surface area contributed by atoms with Crippen molar-refractivity contribution < 1.29 is 14.3 Å². The molecule has 0 amide bonds. The Bertz CT molecular complexity index is 565. The summed E-state index contributed by atoms with van der Waals surface area (Å²) in [5.41, 5.74) is 2.88. The van der Waals surface area contributed by atoms with Crippen LogP contribution in [0.15, 0.2) is 29.6 Å². The van der Waals surface area contributed by atoms with Gasteiger partial charge in [-0.1, -0.05) is 18.2 Å². The highest BCUT2D eigenvalue weighted by molar-refractivity contribution is 7.13. The van der Waals surface area contributed by atoms with Gasteiger partial charge in [0.05, 0.1) is 25.8 Å². The summed E-state index contributed by atoms with van der Waals surface area (Å²) in [6, 6.07) is 8.03. The molecule has 0 aliphatic rings. The summed E-state index contributed by atoms with van der Waals surface area (Å²) in [6.45, 7) is 0.578. The van der Waals surface area contributed by atoms with Gasteiger partial charge in [-0.2, -0.15) is 0 Å². The molecule has 5 heteroatoms. The van der Waals surface area contributed by atoms with E-state index in [1.54, 1.807) is 7.11 Å². The van der Waals surface area contributed by atoms with Crippen molar-refractivity contribution in [1.29, 1.82) is 0 Å². The number of hydrogen-bond acceptors (Lipinski definition) is 5. The van der Waals surface area contributed by atoms with E-state index in [-0.39, 0.29) is 12.4 Å². The largest absolute Gasteiger partial charge is 0.469 e. The first-order chi connectivity index (χ1) is 9.22. The quantitative estimate of drug-likeness (QED) is 0.788. The molecule has 100 valence electrons. The van der Waals surface area contributed by atoms with E-state index >= 15 is 0 Å². The summed E-state index contributed by atoms with van der Waals surface area (Å²) in [6.07, 6.45) is 0.213. The Balaban J connectivity index is 2.17. The summed E-state index contributed by atoms with van der Waals surface area (Å²) in [4.78, 5) is 15.6.